The van der Waals surface area contributed by atoms with E-state index >= 15 is 0 Å². The molecule has 0 aliphatic heterocycles. The number of ether oxygens (including phenoxy) is 4. The molecule has 4 unspecified atom stereocenters. The molecule has 3 N–H and O–H groups in total. The maximum absolute atomic E-state index is 13.1. The summed E-state index contributed by atoms with van der Waals surface area (Å²) in [6.07, 6.45) is 54.3. The van der Waals surface area contributed by atoms with Crippen molar-refractivity contribution in [3.63, 3.8) is 0 Å². The lowest BCUT2D eigenvalue weighted by Crippen LogP contribution is -2.30. The highest BCUT2D eigenvalue weighted by Crippen LogP contribution is 2.45. The highest BCUT2D eigenvalue weighted by Gasteiger charge is 2.30. The minimum absolute atomic E-state index is 0.102. The van der Waals surface area contributed by atoms with E-state index in [1.165, 1.54) is 199 Å². The van der Waals surface area contributed by atoms with Gasteiger partial charge in [0.2, 0.25) is 0 Å². The number of carbonyl (C=O) groups is 4. The first kappa shape index (κ1) is 96.1. The standard InChI is InChI=1S/C79H154O17P2/c1-9-71(7)57-49-41-33-27-23-19-15-13-11-12-14-16-20-25-29-35-45-53-61-78(83)95-74(65-89-76(81)59-51-43-34-28-24-21-17-18-22-26-31-39-47-55-69(3)4)67-93-97(85,86)91-63-73(80)64-92-98(87,88)94-68-75(96-79(84)62-54-46-36-30-32-40-48-56-70(5)6)66-90-77(82)60-52-44-38-37-42-50-58-72(8)10-2/h69-75,80H,9-68H2,1-8H3,(H,85,86)(H,87,88)/t71?,72?,73-,74-,75-/m1/s1. The van der Waals surface area contributed by atoms with Crippen LogP contribution in [0.5, 0.6) is 0 Å². The number of hydrogen-bond acceptors (Lipinski definition) is 15. The molecule has 0 aromatic carbocycles. The quantitative estimate of drug-likeness (QED) is 0.0222. The predicted octanol–water partition coefficient (Wildman–Crippen LogP) is 23.2. The number of aliphatic hydroxyl groups excluding tert-OH is 1. The summed E-state index contributed by atoms with van der Waals surface area (Å²) in [4.78, 5) is 72.8. The molecule has 582 valence electrons. The Morgan fingerprint density at radius 3 is 0.724 bits per heavy atom. The molecular weight excluding hydrogens is 1280 g/mol. The Kier molecular flexibility index (Phi) is 66.8. The van der Waals surface area contributed by atoms with Crippen molar-refractivity contribution in [1.29, 1.82) is 0 Å². The molecule has 0 rings (SSSR count). The molecule has 0 bridgehead atoms. The van der Waals surface area contributed by atoms with Gasteiger partial charge in [-0.25, -0.2) is 9.13 Å². The van der Waals surface area contributed by atoms with Crippen LogP contribution in [0.2, 0.25) is 0 Å². The molecule has 19 heteroatoms. The van der Waals surface area contributed by atoms with Crippen LogP contribution in [0, 0.1) is 23.7 Å². The zero-order valence-corrected chi connectivity index (χ0v) is 66.2. The van der Waals surface area contributed by atoms with Gasteiger partial charge >= 0.3 is 39.5 Å². The third-order valence-corrected chi connectivity index (χ3v) is 20.9. The highest BCUT2D eigenvalue weighted by atomic mass is 31.2. The number of carbonyl (C=O) groups excluding carboxylic acids is 4. The molecule has 0 aliphatic carbocycles. The lowest BCUT2D eigenvalue weighted by atomic mass is 9.99. The monoisotopic (exact) mass is 1440 g/mol. The van der Waals surface area contributed by atoms with Crippen LogP contribution >= 0.6 is 15.6 Å². The molecule has 0 aliphatic rings. The number of rotatable bonds is 76. The van der Waals surface area contributed by atoms with Gasteiger partial charge in [0, 0.05) is 25.7 Å². The maximum Gasteiger partial charge on any atom is 0.472 e. The molecule has 0 aromatic heterocycles. The summed E-state index contributed by atoms with van der Waals surface area (Å²) in [5.41, 5.74) is 0. The van der Waals surface area contributed by atoms with Gasteiger partial charge in [-0.05, 0) is 49.4 Å². The van der Waals surface area contributed by atoms with Crippen molar-refractivity contribution in [3.05, 3.63) is 0 Å². The van der Waals surface area contributed by atoms with Crippen LogP contribution < -0.4 is 0 Å². The largest absolute Gasteiger partial charge is 0.472 e. The number of aliphatic hydroxyl groups is 1. The fourth-order valence-electron chi connectivity index (χ4n) is 12.0. The summed E-state index contributed by atoms with van der Waals surface area (Å²) in [5, 5.41) is 10.6. The van der Waals surface area contributed by atoms with Crippen LogP contribution in [0.1, 0.15) is 402 Å². The lowest BCUT2D eigenvalue weighted by Gasteiger charge is -2.21. The molecule has 0 aromatic rings. The van der Waals surface area contributed by atoms with Gasteiger partial charge in [0.25, 0.3) is 0 Å². The van der Waals surface area contributed by atoms with Crippen molar-refractivity contribution in [2.24, 2.45) is 23.7 Å². The Labute approximate surface area is 600 Å². The number of esters is 4. The van der Waals surface area contributed by atoms with E-state index < -0.39 is 97.5 Å². The van der Waals surface area contributed by atoms with Crippen molar-refractivity contribution in [1.82, 2.24) is 0 Å². The van der Waals surface area contributed by atoms with Crippen LogP contribution in [0.15, 0.2) is 0 Å². The topological polar surface area (TPSA) is 237 Å². The number of phosphoric ester groups is 2. The van der Waals surface area contributed by atoms with Crippen molar-refractivity contribution in [2.75, 3.05) is 39.6 Å². The van der Waals surface area contributed by atoms with E-state index in [9.17, 15) is 43.2 Å². The zero-order chi connectivity index (χ0) is 72.4. The first-order valence-electron chi connectivity index (χ1n) is 40.8. The van der Waals surface area contributed by atoms with Gasteiger partial charge < -0.3 is 33.8 Å². The van der Waals surface area contributed by atoms with Gasteiger partial charge in [-0.1, -0.05) is 351 Å². The van der Waals surface area contributed by atoms with Gasteiger partial charge in [0.05, 0.1) is 26.4 Å². The van der Waals surface area contributed by atoms with E-state index in [4.69, 9.17) is 37.0 Å². The normalized spacial score (nSPS) is 14.6. The molecule has 0 saturated heterocycles. The van der Waals surface area contributed by atoms with E-state index in [0.29, 0.717) is 31.6 Å². The molecule has 0 spiro atoms. The lowest BCUT2D eigenvalue weighted by molar-refractivity contribution is -0.161. The number of unbranched alkanes of at least 4 members (excludes halogenated alkanes) is 40. The third kappa shape index (κ3) is 69.8. The summed E-state index contributed by atoms with van der Waals surface area (Å²) in [5.74, 6) is 0.967. The summed E-state index contributed by atoms with van der Waals surface area (Å²) in [6, 6.07) is 0. The fourth-order valence-corrected chi connectivity index (χ4v) is 13.6. The van der Waals surface area contributed by atoms with Gasteiger partial charge in [0.15, 0.2) is 12.2 Å². The molecule has 7 atom stereocenters. The SMILES string of the molecule is CCC(C)CCCCCCCCCCCCCCCCCCCCC(=O)O[C@H](COC(=O)CCCCCCCCCCCCCCCC(C)C)COP(=O)(O)OC[C@@H](O)COP(=O)(O)OC[C@@H](COC(=O)CCCCCCCCC(C)CC)OC(=O)CCCCCCCCCC(C)C. The molecular formula is C79H154O17P2. The van der Waals surface area contributed by atoms with Crippen molar-refractivity contribution >= 4 is 39.5 Å². The summed E-state index contributed by atoms with van der Waals surface area (Å²) in [6.45, 7) is 14.2. The minimum Gasteiger partial charge on any atom is -0.462 e. The maximum atomic E-state index is 13.1. The highest BCUT2D eigenvalue weighted by molar-refractivity contribution is 7.47. The number of phosphoric acid groups is 2. The Morgan fingerprint density at radius 1 is 0.286 bits per heavy atom. The second kappa shape index (κ2) is 68.2. The van der Waals surface area contributed by atoms with Crippen molar-refractivity contribution in [3.8, 4) is 0 Å². The second-order valence-electron chi connectivity index (χ2n) is 29.9. The Bertz CT molecular complexity index is 1920. The first-order valence-corrected chi connectivity index (χ1v) is 43.8. The Balaban J connectivity index is 5.20. The molecule has 0 amide bonds. The molecule has 0 heterocycles. The average molecular weight is 1440 g/mol. The van der Waals surface area contributed by atoms with E-state index in [-0.39, 0.29) is 25.7 Å². The number of hydrogen-bond donors (Lipinski definition) is 3. The van der Waals surface area contributed by atoms with Gasteiger partial charge in [-0.3, -0.25) is 37.3 Å². The summed E-state index contributed by atoms with van der Waals surface area (Å²) in [7, 11) is -9.92. The smallest absolute Gasteiger partial charge is 0.462 e. The van der Waals surface area contributed by atoms with Crippen LogP contribution in [0.4, 0.5) is 0 Å². The fraction of sp³-hybridized carbons (Fsp3) is 0.949. The molecule has 0 saturated carbocycles. The molecule has 17 nitrogen and oxygen atoms in total. The Hall–Kier alpha value is -1.94. The molecule has 98 heavy (non-hydrogen) atoms. The van der Waals surface area contributed by atoms with Crippen LogP contribution in [0.3, 0.4) is 0 Å². The first-order chi connectivity index (χ1) is 47.2. The van der Waals surface area contributed by atoms with E-state index in [0.717, 1.165) is 114 Å². The summed E-state index contributed by atoms with van der Waals surface area (Å²) >= 11 is 0. The summed E-state index contributed by atoms with van der Waals surface area (Å²) < 4.78 is 68.6. The van der Waals surface area contributed by atoms with Crippen molar-refractivity contribution < 1.29 is 80.2 Å². The molecule has 0 radical (unpaired) electrons. The van der Waals surface area contributed by atoms with E-state index in [1.807, 2.05) is 0 Å². The van der Waals surface area contributed by atoms with Crippen LogP contribution in [-0.2, 0) is 65.4 Å². The minimum atomic E-state index is -4.96. The predicted molar refractivity (Wildman–Crippen MR) is 400 cm³/mol. The van der Waals surface area contributed by atoms with Crippen LogP contribution in [0.25, 0.3) is 0 Å². The Morgan fingerprint density at radius 2 is 0.490 bits per heavy atom. The van der Waals surface area contributed by atoms with Crippen LogP contribution in [-0.4, -0.2) is 96.7 Å². The van der Waals surface area contributed by atoms with Gasteiger partial charge in [-0.2, -0.15) is 0 Å². The van der Waals surface area contributed by atoms with E-state index in [1.54, 1.807) is 0 Å². The van der Waals surface area contributed by atoms with E-state index in [2.05, 4.69) is 55.4 Å². The van der Waals surface area contributed by atoms with Crippen molar-refractivity contribution in [2.45, 2.75) is 420 Å². The average Bonchev–Trinajstić information content (AvgIpc) is 1.03. The molecule has 0 fully saturated rings. The second-order valence-corrected chi connectivity index (χ2v) is 32.8. The zero-order valence-electron chi connectivity index (χ0n) is 64.4. The third-order valence-electron chi connectivity index (χ3n) is 19.0. The van der Waals surface area contributed by atoms with Gasteiger partial charge in [-0.15, -0.1) is 0 Å². The van der Waals surface area contributed by atoms with Gasteiger partial charge in [0.1, 0.15) is 19.3 Å².